The van der Waals surface area contributed by atoms with Crippen molar-refractivity contribution in [3.05, 3.63) is 52.3 Å². The summed E-state index contributed by atoms with van der Waals surface area (Å²) in [5.74, 6) is 1.24. The van der Waals surface area contributed by atoms with Crippen LogP contribution < -0.4 is 16.0 Å². The molecule has 3 rings (SSSR count). The van der Waals surface area contributed by atoms with Crippen LogP contribution in [0.4, 0.5) is 5.95 Å². The molecule has 0 amide bonds. The Bertz CT molecular complexity index is 814. The number of anilines is 1. The molecule has 10 heteroatoms. The summed E-state index contributed by atoms with van der Waals surface area (Å²) in [5, 5.41) is 4.42. The van der Waals surface area contributed by atoms with Crippen molar-refractivity contribution in [2.24, 2.45) is 10.7 Å². The fourth-order valence-electron chi connectivity index (χ4n) is 3.32. The Morgan fingerprint density at radius 2 is 1.90 bits per heavy atom. The van der Waals surface area contributed by atoms with Gasteiger partial charge in [0.15, 0.2) is 5.96 Å². The molecule has 1 aromatic heterocycles. The second-order valence-corrected chi connectivity index (χ2v) is 7.87. The van der Waals surface area contributed by atoms with Gasteiger partial charge in [0, 0.05) is 61.7 Å². The number of hydrogen-bond donors (Lipinski definition) is 2. The number of aromatic nitrogens is 2. The van der Waals surface area contributed by atoms with E-state index in [1.807, 2.05) is 25.1 Å². The highest BCUT2D eigenvalue weighted by molar-refractivity contribution is 14.0. The molecule has 1 unspecified atom stereocenters. The first kappa shape index (κ1) is 24.9. The van der Waals surface area contributed by atoms with Gasteiger partial charge in [-0.2, -0.15) is 0 Å². The lowest BCUT2D eigenvalue weighted by atomic mass is 10.1. The number of halogens is 3. The van der Waals surface area contributed by atoms with Gasteiger partial charge in [-0.1, -0.05) is 29.3 Å². The molecule has 1 saturated heterocycles. The van der Waals surface area contributed by atoms with Crippen LogP contribution in [0.1, 0.15) is 24.9 Å². The van der Waals surface area contributed by atoms with Gasteiger partial charge in [-0.15, -0.1) is 24.0 Å². The van der Waals surface area contributed by atoms with Crippen molar-refractivity contribution >= 4 is 59.1 Å². The van der Waals surface area contributed by atoms with E-state index >= 15 is 0 Å². The molecular formula is C20H28Cl2IN7. The normalized spacial score (nSPS) is 16.1. The molecule has 1 fully saturated rings. The number of nitrogens with one attached hydrogen (secondary N) is 1. The number of nitrogens with zero attached hydrogens (tertiary/aromatic N) is 5. The maximum atomic E-state index is 6.25. The predicted molar refractivity (Wildman–Crippen MR) is 135 cm³/mol. The van der Waals surface area contributed by atoms with E-state index < -0.39 is 0 Å². The van der Waals surface area contributed by atoms with E-state index in [4.69, 9.17) is 28.9 Å². The largest absolute Gasteiger partial charge is 0.370 e. The Morgan fingerprint density at radius 1 is 1.20 bits per heavy atom. The van der Waals surface area contributed by atoms with Crippen molar-refractivity contribution < 1.29 is 0 Å². The van der Waals surface area contributed by atoms with Crippen molar-refractivity contribution in [2.75, 3.05) is 44.2 Å². The average molecular weight is 564 g/mol. The number of aliphatic imine (C=N–C) groups is 1. The molecule has 164 valence electrons. The summed E-state index contributed by atoms with van der Waals surface area (Å²) in [7, 11) is 0. The predicted octanol–water partition coefficient (Wildman–Crippen LogP) is 3.58. The molecule has 1 aliphatic heterocycles. The van der Waals surface area contributed by atoms with Gasteiger partial charge in [0.25, 0.3) is 0 Å². The highest BCUT2D eigenvalue weighted by Gasteiger charge is 2.18. The van der Waals surface area contributed by atoms with Gasteiger partial charge in [0.05, 0.1) is 6.04 Å². The van der Waals surface area contributed by atoms with E-state index in [1.165, 1.54) is 0 Å². The van der Waals surface area contributed by atoms with Crippen molar-refractivity contribution in [3.63, 3.8) is 0 Å². The molecule has 0 bridgehead atoms. The van der Waals surface area contributed by atoms with Crippen LogP contribution in [-0.4, -0.2) is 60.1 Å². The van der Waals surface area contributed by atoms with Gasteiger partial charge in [-0.25, -0.2) is 9.97 Å². The number of hydrogen-bond acceptors (Lipinski definition) is 5. The Labute approximate surface area is 205 Å². The standard InChI is InChI=1S/C20H27Cl2N7.HI/c1-15(17-5-4-16(21)14-18(17)22)27-19(23)24-8-3-9-28-10-12-29(13-11-28)20-25-6-2-7-26-20;/h2,4-7,14-15H,3,8-13H2,1H3,(H3,23,24,27);1H. The number of rotatable bonds is 7. The Hall–Kier alpha value is -1.36. The van der Waals surface area contributed by atoms with Gasteiger partial charge >= 0.3 is 0 Å². The fourth-order valence-corrected chi connectivity index (χ4v) is 3.89. The monoisotopic (exact) mass is 563 g/mol. The second-order valence-electron chi connectivity index (χ2n) is 7.03. The Morgan fingerprint density at radius 3 is 2.57 bits per heavy atom. The summed E-state index contributed by atoms with van der Waals surface area (Å²) in [6.07, 6.45) is 4.53. The summed E-state index contributed by atoms with van der Waals surface area (Å²) >= 11 is 12.2. The van der Waals surface area contributed by atoms with Gasteiger partial charge in [-0.05, 0) is 37.1 Å². The third kappa shape index (κ3) is 7.40. The van der Waals surface area contributed by atoms with Crippen LogP contribution in [-0.2, 0) is 0 Å². The van der Waals surface area contributed by atoms with Crippen molar-refractivity contribution in [3.8, 4) is 0 Å². The minimum Gasteiger partial charge on any atom is -0.370 e. The Balaban J connectivity index is 0.00000320. The first-order chi connectivity index (χ1) is 14.0. The first-order valence-corrected chi connectivity index (χ1v) is 10.5. The highest BCUT2D eigenvalue weighted by Crippen LogP contribution is 2.25. The molecule has 30 heavy (non-hydrogen) atoms. The van der Waals surface area contributed by atoms with Crippen molar-refractivity contribution in [2.45, 2.75) is 19.4 Å². The third-order valence-electron chi connectivity index (χ3n) is 4.92. The van der Waals surface area contributed by atoms with E-state index in [0.717, 1.165) is 50.7 Å². The van der Waals surface area contributed by atoms with Crippen LogP contribution in [0, 0.1) is 0 Å². The smallest absolute Gasteiger partial charge is 0.225 e. The van der Waals surface area contributed by atoms with Crippen LogP contribution in [0.2, 0.25) is 10.0 Å². The minimum atomic E-state index is -0.0446. The van der Waals surface area contributed by atoms with E-state index in [-0.39, 0.29) is 30.0 Å². The summed E-state index contributed by atoms with van der Waals surface area (Å²) in [6, 6.07) is 7.24. The zero-order valence-electron chi connectivity index (χ0n) is 17.0. The van der Waals surface area contributed by atoms with Gasteiger partial charge < -0.3 is 16.0 Å². The van der Waals surface area contributed by atoms with E-state index in [0.29, 0.717) is 22.5 Å². The molecule has 3 N–H and O–H groups in total. The molecule has 1 aliphatic rings. The molecule has 7 nitrogen and oxygen atoms in total. The van der Waals surface area contributed by atoms with E-state index in [9.17, 15) is 0 Å². The van der Waals surface area contributed by atoms with Crippen LogP contribution in [0.25, 0.3) is 0 Å². The van der Waals surface area contributed by atoms with Crippen molar-refractivity contribution in [1.29, 1.82) is 0 Å². The zero-order valence-corrected chi connectivity index (χ0v) is 20.8. The third-order valence-corrected chi connectivity index (χ3v) is 5.48. The SMILES string of the molecule is CC(NC(N)=NCCCN1CCN(c2ncccn2)CC1)c1ccc(Cl)cc1Cl.I. The lowest BCUT2D eigenvalue weighted by Crippen LogP contribution is -2.47. The van der Waals surface area contributed by atoms with Crippen LogP contribution >= 0.6 is 47.2 Å². The molecule has 2 aromatic rings. The van der Waals surface area contributed by atoms with Crippen molar-refractivity contribution in [1.82, 2.24) is 20.2 Å². The molecular weight excluding hydrogens is 536 g/mol. The summed E-state index contributed by atoms with van der Waals surface area (Å²) in [5.41, 5.74) is 6.97. The minimum absolute atomic E-state index is 0. The number of guanidine groups is 1. The zero-order chi connectivity index (χ0) is 20.6. The quantitative estimate of drug-likeness (QED) is 0.232. The van der Waals surface area contributed by atoms with Gasteiger partial charge in [0.1, 0.15) is 0 Å². The highest BCUT2D eigenvalue weighted by atomic mass is 127. The van der Waals surface area contributed by atoms with E-state index in [1.54, 1.807) is 18.5 Å². The van der Waals surface area contributed by atoms with E-state index in [2.05, 4.69) is 30.1 Å². The molecule has 0 radical (unpaired) electrons. The lowest BCUT2D eigenvalue weighted by Gasteiger charge is -2.34. The van der Waals surface area contributed by atoms with Crippen LogP contribution in [0.15, 0.2) is 41.7 Å². The van der Waals surface area contributed by atoms with Gasteiger partial charge in [-0.3, -0.25) is 9.89 Å². The van der Waals surface area contributed by atoms with Gasteiger partial charge in [0.2, 0.25) is 5.95 Å². The number of nitrogens with two attached hydrogens (primary N) is 1. The maximum absolute atomic E-state index is 6.25. The topological polar surface area (TPSA) is 82.7 Å². The average Bonchev–Trinajstić information content (AvgIpc) is 2.72. The number of benzene rings is 1. The lowest BCUT2D eigenvalue weighted by molar-refractivity contribution is 0.255. The molecule has 1 atom stereocenters. The second kappa shape index (κ2) is 12.5. The maximum Gasteiger partial charge on any atom is 0.225 e. The molecule has 1 aromatic carbocycles. The number of piperazine rings is 1. The molecule has 2 heterocycles. The summed E-state index contributed by atoms with van der Waals surface area (Å²) < 4.78 is 0. The fraction of sp³-hybridized carbons (Fsp3) is 0.450. The van der Waals surface area contributed by atoms with Crippen LogP contribution in [0.3, 0.4) is 0 Å². The molecule has 0 spiro atoms. The Kier molecular flexibility index (Phi) is 10.4. The summed E-state index contributed by atoms with van der Waals surface area (Å²) in [4.78, 5) is 17.7. The molecule has 0 saturated carbocycles. The van der Waals surface area contributed by atoms with Crippen LogP contribution in [0.5, 0.6) is 0 Å². The first-order valence-electron chi connectivity index (χ1n) is 9.78. The molecule has 0 aliphatic carbocycles. The summed E-state index contributed by atoms with van der Waals surface area (Å²) in [6.45, 7) is 7.56.